The molecule has 0 aliphatic carbocycles. The molecule has 218 valence electrons. The molecular formula is C29H37Cl2N3O6. The summed E-state index contributed by atoms with van der Waals surface area (Å²) in [5.41, 5.74) is 6.12. The lowest BCUT2D eigenvalue weighted by atomic mass is 9.85. The van der Waals surface area contributed by atoms with Gasteiger partial charge in [-0.2, -0.15) is 0 Å². The molecule has 11 heteroatoms. The van der Waals surface area contributed by atoms with Crippen LogP contribution in [0.15, 0.2) is 42.5 Å². The number of hydrogen-bond acceptors (Lipinski definition) is 7. The predicted molar refractivity (Wildman–Crippen MR) is 155 cm³/mol. The lowest BCUT2D eigenvalue weighted by Crippen LogP contribution is -2.57. The molecular weight excluding hydrogens is 557 g/mol. The molecule has 0 aromatic heterocycles. The van der Waals surface area contributed by atoms with E-state index in [0.717, 1.165) is 0 Å². The number of amides is 2. The maximum Gasteiger partial charge on any atom is 0.329 e. The van der Waals surface area contributed by atoms with Crippen LogP contribution in [0.25, 0.3) is 0 Å². The van der Waals surface area contributed by atoms with E-state index in [0.29, 0.717) is 27.5 Å². The Labute approximate surface area is 246 Å². The van der Waals surface area contributed by atoms with E-state index in [2.05, 4.69) is 5.32 Å². The smallest absolute Gasteiger partial charge is 0.329 e. The number of likely N-dealkylation sites (N-methyl/N-ethyl adjacent to an activating group) is 1. The second kappa shape index (κ2) is 13.0. The molecule has 9 nitrogen and oxygen atoms in total. The van der Waals surface area contributed by atoms with Crippen LogP contribution in [-0.4, -0.2) is 59.3 Å². The van der Waals surface area contributed by atoms with Gasteiger partial charge in [0.1, 0.15) is 17.4 Å². The second-order valence-corrected chi connectivity index (χ2v) is 11.2. The van der Waals surface area contributed by atoms with Crippen molar-refractivity contribution in [2.45, 2.75) is 71.4 Å². The van der Waals surface area contributed by atoms with Gasteiger partial charge < -0.3 is 25.4 Å². The minimum atomic E-state index is -1.09. The molecule has 3 rings (SSSR count). The zero-order valence-corrected chi connectivity index (χ0v) is 25.3. The molecule has 0 spiro atoms. The van der Waals surface area contributed by atoms with E-state index in [4.69, 9.17) is 26.8 Å². The van der Waals surface area contributed by atoms with E-state index in [-0.39, 0.29) is 24.1 Å². The number of nitrogens with one attached hydrogen (secondary N) is 1. The average Bonchev–Trinajstić information content (AvgIpc) is 2.87. The molecule has 0 bridgehead atoms. The number of rotatable bonds is 8. The van der Waals surface area contributed by atoms with Crippen molar-refractivity contribution in [1.29, 1.82) is 0 Å². The number of nitrogens with zero attached hydrogens (tertiary/aromatic N) is 1. The van der Waals surface area contributed by atoms with Crippen molar-refractivity contribution in [3.05, 3.63) is 64.2 Å². The highest BCUT2D eigenvalue weighted by atomic mass is 35.5. The van der Waals surface area contributed by atoms with Gasteiger partial charge in [-0.15, -0.1) is 12.4 Å². The van der Waals surface area contributed by atoms with Crippen LogP contribution in [0.4, 0.5) is 0 Å². The molecule has 4 atom stereocenters. The molecule has 3 N–H and O–H groups in total. The number of carbonyl (C=O) groups excluding carboxylic acids is 4. The molecule has 0 saturated heterocycles. The highest BCUT2D eigenvalue weighted by molar-refractivity contribution is 6.31. The third-order valence-electron chi connectivity index (χ3n) is 7.00. The van der Waals surface area contributed by atoms with Crippen LogP contribution in [-0.2, 0) is 14.3 Å². The van der Waals surface area contributed by atoms with Crippen LogP contribution in [0, 0.1) is 5.92 Å². The van der Waals surface area contributed by atoms with Crippen LogP contribution in [0.3, 0.4) is 0 Å². The summed E-state index contributed by atoms with van der Waals surface area (Å²) in [7, 11) is 1.49. The normalized spacial score (nSPS) is 18.8. The first kappa shape index (κ1) is 33.1. The summed E-state index contributed by atoms with van der Waals surface area (Å²) in [6.45, 7) is 10.1. The van der Waals surface area contributed by atoms with Crippen LogP contribution in [0.1, 0.15) is 73.9 Å². The zero-order valence-electron chi connectivity index (χ0n) is 23.7. The number of esters is 1. The molecule has 2 aromatic carbocycles. The van der Waals surface area contributed by atoms with Crippen molar-refractivity contribution in [1.82, 2.24) is 10.2 Å². The Morgan fingerprint density at radius 1 is 1.07 bits per heavy atom. The number of Topliss-reactive ketones (excluding diaryl/α,β-unsaturated/α-hetero) is 1. The quantitative estimate of drug-likeness (QED) is 0.344. The number of benzene rings is 2. The number of fused-ring (bicyclic) bond motifs is 1. The van der Waals surface area contributed by atoms with Crippen molar-refractivity contribution in [2.24, 2.45) is 11.7 Å². The maximum atomic E-state index is 13.4. The zero-order chi connectivity index (χ0) is 29.2. The summed E-state index contributed by atoms with van der Waals surface area (Å²) in [5.74, 6) is -1.40. The number of nitrogens with two attached hydrogens (primary N) is 1. The summed E-state index contributed by atoms with van der Waals surface area (Å²) in [4.78, 5) is 52.9. The maximum absolute atomic E-state index is 13.4. The molecule has 0 fully saturated rings. The SMILES string of the molecule is CC(=O)c1ccc2c(c1)[C@H](NC(=O)c1cccc(Cl)c1)[C@@H](OC(=O)[C@H](C)N(C)C(=O)[C@@H](N)C(C)C)C(C)(C)O2.Cl. The van der Waals surface area contributed by atoms with Crippen LogP contribution in [0.2, 0.25) is 5.02 Å². The third kappa shape index (κ3) is 7.13. The first-order chi connectivity index (χ1) is 18.1. The molecule has 1 aliphatic heterocycles. The first-order valence-corrected chi connectivity index (χ1v) is 13.1. The molecule has 0 saturated carbocycles. The lowest BCUT2D eigenvalue weighted by Gasteiger charge is -2.44. The monoisotopic (exact) mass is 593 g/mol. The van der Waals surface area contributed by atoms with Crippen molar-refractivity contribution < 1.29 is 28.7 Å². The van der Waals surface area contributed by atoms with Crippen LogP contribution in [0.5, 0.6) is 5.75 Å². The van der Waals surface area contributed by atoms with E-state index < -0.39 is 47.6 Å². The number of carbonyl (C=O) groups is 4. The fraction of sp³-hybridized carbons (Fsp3) is 0.448. The fourth-order valence-electron chi connectivity index (χ4n) is 4.32. The summed E-state index contributed by atoms with van der Waals surface area (Å²) in [6, 6.07) is 8.73. The Kier molecular flexibility index (Phi) is 10.8. The largest absolute Gasteiger partial charge is 0.484 e. The highest BCUT2D eigenvalue weighted by Crippen LogP contribution is 2.42. The Morgan fingerprint density at radius 2 is 1.73 bits per heavy atom. The number of hydrogen-bond donors (Lipinski definition) is 2. The van der Waals surface area contributed by atoms with Gasteiger partial charge in [-0.25, -0.2) is 4.79 Å². The van der Waals surface area contributed by atoms with Crippen molar-refractivity contribution in [3.8, 4) is 5.75 Å². The standard InChI is InChI=1S/C29H36ClN3O6.ClH/c1-15(2)23(31)27(36)33(7)16(3)28(37)38-25-24(32-26(35)19-9-8-10-20(30)13-19)21-14-18(17(4)34)11-12-22(21)39-29(25,5)6;/h8-16,23-25H,31H2,1-7H3,(H,32,35);1H/t16-,23-,24-,25+;/m0./s1. The highest BCUT2D eigenvalue weighted by Gasteiger charge is 2.48. The number of ketones is 1. The molecule has 2 aromatic rings. The van der Waals surface area contributed by atoms with Gasteiger partial charge >= 0.3 is 5.97 Å². The van der Waals surface area contributed by atoms with Gasteiger partial charge in [0.05, 0.1) is 12.1 Å². The molecule has 2 amide bonds. The number of ether oxygens (including phenoxy) is 2. The fourth-order valence-corrected chi connectivity index (χ4v) is 4.51. The molecule has 1 heterocycles. The molecule has 0 radical (unpaired) electrons. The summed E-state index contributed by atoms with van der Waals surface area (Å²) in [6.07, 6.45) is -1.02. The average molecular weight is 595 g/mol. The van der Waals surface area contributed by atoms with E-state index in [9.17, 15) is 19.2 Å². The predicted octanol–water partition coefficient (Wildman–Crippen LogP) is 4.35. The minimum absolute atomic E-state index is 0. The van der Waals surface area contributed by atoms with Gasteiger partial charge in [-0.3, -0.25) is 14.4 Å². The number of halogens is 2. The Bertz CT molecular complexity index is 1280. The minimum Gasteiger partial charge on any atom is -0.484 e. The summed E-state index contributed by atoms with van der Waals surface area (Å²) >= 11 is 6.09. The van der Waals surface area contributed by atoms with Gasteiger partial charge in [-0.05, 0) is 70.0 Å². The van der Waals surface area contributed by atoms with E-state index in [1.807, 2.05) is 13.8 Å². The first-order valence-electron chi connectivity index (χ1n) is 12.8. The summed E-state index contributed by atoms with van der Waals surface area (Å²) < 4.78 is 12.2. The molecule has 40 heavy (non-hydrogen) atoms. The van der Waals surface area contributed by atoms with Gasteiger partial charge in [0, 0.05) is 28.8 Å². The van der Waals surface area contributed by atoms with Crippen molar-refractivity contribution >= 4 is 47.6 Å². The van der Waals surface area contributed by atoms with Gasteiger partial charge in [0.2, 0.25) is 5.91 Å². The Balaban J connectivity index is 0.00000560. The second-order valence-electron chi connectivity index (χ2n) is 10.7. The Hall–Kier alpha value is -3.14. The lowest BCUT2D eigenvalue weighted by molar-refractivity contribution is -0.172. The van der Waals surface area contributed by atoms with Crippen molar-refractivity contribution in [2.75, 3.05) is 7.05 Å². The third-order valence-corrected chi connectivity index (χ3v) is 7.24. The van der Waals surface area contributed by atoms with Crippen LogP contribution < -0.4 is 15.8 Å². The van der Waals surface area contributed by atoms with Gasteiger partial charge in [0.25, 0.3) is 5.91 Å². The van der Waals surface area contributed by atoms with Gasteiger partial charge in [0.15, 0.2) is 11.9 Å². The van der Waals surface area contributed by atoms with Crippen molar-refractivity contribution in [3.63, 3.8) is 0 Å². The molecule has 1 aliphatic rings. The molecule has 0 unspecified atom stereocenters. The summed E-state index contributed by atoms with van der Waals surface area (Å²) in [5, 5.41) is 3.34. The Morgan fingerprint density at radius 3 is 2.30 bits per heavy atom. The topological polar surface area (TPSA) is 128 Å². The van der Waals surface area contributed by atoms with Gasteiger partial charge in [-0.1, -0.05) is 31.5 Å². The van der Waals surface area contributed by atoms with E-state index in [1.54, 1.807) is 57.2 Å². The van der Waals surface area contributed by atoms with E-state index >= 15 is 0 Å². The van der Waals surface area contributed by atoms with E-state index in [1.165, 1.54) is 24.9 Å². The van der Waals surface area contributed by atoms with Crippen LogP contribution >= 0.6 is 24.0 Å².